The molecule has 1 aromatic carbocycles. The summed E-state index contributed by atoms with van der Waals surface area (Å²) in [6.45, 7) is 0. The standard InChI is InChI=1S/C13H6F6O/c1-3-11(20,4-2)8-5-9(12(14,15)16)7-10(6-8)13(17,18)19/h1-2,5-7,20H. The van der Waals surface area contributed by atoms with Gasteiger partial charge in [-0.3, -0.25) is 0 Å². The molecule has 0 amide bonds. The van der Waals surface area contributed by atoms with Gasteiger partial charge in [0.2, 0.25) is 5.60 Å². The van der Waals surface area contributed by atoms with E-state index in [9.17, 15) is 31.4 Å². The van der Waals surface area contributed by atoms with Crippen LogP contribution in [0.5, 0.6) is 0 Å². The van der Waals surface area contributed by atoms with Gasteiger partial charge in [-0.1, -0.05) is 11.8 Å². The smallest absolute Gasteiger partial charge is 0.364 e. The van der Waals surface area contributed by atoms with Crippen molar-refractivity contribution in [2.75, 3.05) is 0 Å². The van der Waals surface area contributed by atoms with Crippen LogP contribution in [0.1, 0.15) is 16.7 Å². The fourth-order valence-electron chi connectivity index (χ4n) is 1.37. The normalized spacial score (nSPS) is 12.7. The maximum absolute atomic E-state index is 12.6. The fourth-order valence-corrected chi connectivity index (χ4v) is 1.37. The van der Waals surface area contributed by atoms with E-state index in [1.54, 1.807) is 11.8 Å². The van der Waals surface area contributed by atoms with Gasteiger partial charge in [0.05, 0.1) is 11.1 Å². The molecule has 0 aliphatic carbocycles. The van der Waals surface area contributed by atoms with Crippen molar-refractivity contribution >= 4 is 0 Å². The third kappa shape index (κ3) is 3.06. The van der Waals surface area contributed by atoms with Gasteiger partial charge in [-0.25, -0.2) is 0 Å². The number of rotatable bonds is 1. The highest BCUT2D eigenvalue weighted by Gasteiger charge is 2.39. The molecule has 1 nitrogen and oxygen atoms in total. The number of alkyl halides is 6. The van der Waals surface area contributed by atoms with Gasteiger partial charge < -0.3 is 5.11 Å². The molecule has 0 spiro atoms. The summed E-state index contributed by atoms with van der Waals surface area (Å²) in [6, 6.07) is 0.487. The summed E-state index contributed by atoms with van der Waals surface area (Å²) in [5.41, 5.74) is -6.71. The van der Waals surface area contributed by atoms with E-state index in [4.69, 9.17) is 12.8 Å². The first-order valence-electron chi connectivity index (χ1n) is 4.92. The van der Waals surface area contributed by atoms with Gasteiger partial charge in [0, 0.05) is 5.56 Å². The molecule has 106 valence electrons. The van der Waals surface area contributed by atoms with Crippen molar-refractivity contribution in [2.45, 2.75) is 18.0 Å². The molecule has 1 aromatic rings. The van der Waals surface area contributed by atoms with Gasteiger partial charge >= 0.3 is 12.4 Å². The van der Waals surface area contributed by atoms with E-state index in [1.807, 2.05) is 0 Å². The topological polar surface area (TPSA) is 20.2 Å². The molecule has 0 saturated heterocycles. The minimum Gasteiger partial charge on any atom is -0.364 e. The van der Waals surface area contributed by atoms with E-state index in [0.717, 1.165) is 0 Å². The monoisotopic (exact) mass is 292 g/mol. The molecule has 0 unspecified atom stereocenters. The van der Waals surface area contributed by atoms with Gasteiger partial charge in [-0.2, -0.15) is 26.3 Å². The molecule has 0 aromatic heterocycles. The lowest BCUT2D eigenvalue weighted by Gasteiger charge is -2.20. The summed E-state index contributed by atoms with van der Waals surface area (Å²) in [4.78, 5) is 0. The minimum absolute atomic E-state index is 0.0864. The second-order valence-corrected chi connectivity index (χ2v) is 3.79. The predicted molar refractivity (Wildman–Crippen MR) is 58.0 cm³/mol. The molecule has 0 saturated carbocycles. The number of hydrogen-bond acceptors (Lipinski definition) is 1. The Morgan fingerprint density at radius 2 is 1.05 bits per heavy atom. The quantitative estimate of drug-likeness (QED) is 0.622. The molecular weight excluding hydrogens is 286 g/mol. The second-order valence-electron chi connectivity index (χ2n) is 3.79. The zero-order valence-corrected chi connectivity index (χ0v) is 9.60. The van der Waals surface area contributed by atoms with E-state index in [1.165, 1.54) is 0 Å². The molecule has 1 N–H and O–H groups in total. The van der Waals surface area contributed by atoms with Crippen LogP contribution in [0.25, 0.3) is 0 Å². The van der Waals surface area contributed by atoms with Crippen molar-refractivity contribution in [3.05, 3.63) is 34.9 Å². The van der Waals surface area contributed by atoms with Crippen LogP contribution in [0, 0.1) is 24.7 Å². The van der Waals surface area contributed by atoms with Gasteiger partial charge in [-0.05, 0) is 18.2 Å². The van der Waals surface area contributed by atoms with Crippen molar-refractivity contribution in [2.24, 2.45) is 0 Å². The number of benzene rings is 1. The maximum Gasteiger partial charge on any atom is 0.416 e. The van der Waals surface area contributed by atoms with Gasteiger partial charge in [0.25, 0.3) is 0 Å². The average Bonchev–Trinajstić information content (AvgIpc) is 2.35. The van der Waals surface area contributed by atoms with E-state index >= 15 is 0 Å². The summed E-state index contributed by atoms with van der Waals surface area (Å²) >= 11 is 0. The third-order valence-electron chi connectivity index (χ3n) is 2.42. The fraction of sp³-hybridized carbons (Fsp3) is 0.231. The maximum atomic E-state index is 12.6. The van der Waals surface area contributed by atoms with Crippen LogP contribution in [0.3, 0.4) is 0 Å². The van der Waals surface area contributed by atoms with Crippen LogP contribution in [-0.2, 0) is 18.0 Å². The molecule has 7 heteroatoms. The molecule has 0 atom stereocenters. The molecule has 0 aliphatic rings. The van der Waals surface area contributed by atoms with Crippen LogP contribution in [0.2, 0.25) is 0 Å². The zero-order chi connectivity index (χ0) is 15.8. The molecule has 0 bridgehead atoms. The van der Waals surface area contributed by atoms with Crippen LogP contribution < -0.4 is 0 Å². The summed E-state index contributed by atoms with van der Waals surface area (Å²) in [5.74, 6) is 3.17. The first-order chi connectivity index (χ1) is 8.94. The van der Waals surface area contributed by atoms with Crippen molar-refractivity contribution < 1.29 is 31.4 Å². The van der Waals surface area contributed by atoms with Gasteiger partial charge in [0.1, 0.15) is 0 Å². The lowest BCUT2D eigenvalue weighted by molar-refractivity contribution is -0.143. The Morgan fingerprint density at radius 1 is 0.750 bits per heavy atom. The Bertz CT molecular complexity index is 551. The summed E-state index contributed by atoms with van der Waals surface area (Å²) in [5, 5.41) is 9.67. The summed E-state index contributed by atoms with van der Waals surface area (Å²) < 4.78 is 75.5. The van der Waals surface area contributed by atoms with Crippen LogP contribution >= 0.6 is 0 Å². The van der Waals surface area contributed by atoms with Crippen molar-refractivity contribution in [1.82, 2.24) is 0 Å². The molecule has 0 heterocycles. The van der Waals surface area contributed by atoms with Gasteiger partial charge in [-0.15, -0.1) is 12.8 Å². The SMILES string of the molecule is C#CC(O)(C#C)c1cc(C(F)(F)F)cc(C(F)(F)F)c1. The van der Waals surface area contributed by atoms with Gasteiger partial charge in [0.15, 0.2) is 0 Å². The Kier molecular flexibility index (Phi) is 3.80. The molecule has 1 rings (SSSR count). The van der Waals surface area contributed by atoms with Crippen LogP contribution in [0.15, 0.2) is 18.2 Å². The number of aliphatic hydroxyl groups is 1. The molecule has 0 fully saturated rings. The van der Waals surface area contributed by atoms with E-state index in [2.05, 4.69) is 0 Å². The predicted octanol–water partition coefficient (Wildman–Crippen LogP) is 3.18. The number of terminal acetylenes is 2. The first kappa shape index (κ1) is 15.9. The molecule has 0 aliphatic heterocycles. The lowest BCUT2D eigenvalue weighted by Crippen LogP contribution is -2.23. The summed E-state index contributed by atoms with van der Waals surface area (Å²) in [6.07, 6.45) is -0.357. The second kappa shape index (κ2) is 4.77. The Morgan fingerprint density at radius 3 is 1.30 bits per heavy atom. The van der Waals surface area contributed by atoms with Crippen molar-refractivity contribution in [3.63, 3.8) is 0 Å². The Balaban J connectivity index is 3.65. The highest BCUT2D eigenvalue weighted by molar-refractivity contribution is 5.44. The van der Waals surface area contributed by atoms with Crippen LogP contribution in [-0.4, -0.2) is 5.11 Å². The minimum atomic E-state index is -5.04. The lowest BCUT2D eigenvalue weighted by atomic mass is 9.92. The summed E-state index contributed by atoms with van der Waals surface area (Å²) in [7, 11) is 0. The van der Waals surface area contributed by atoms with Crippen molar-refractivity contribution in [3.8, 4) is 24.7 Å². The van der Waals surface area contributed by atoms with Crippen LogP contribution in [0.4, 0.5) is 26.3 Å². The Hall–Kier alpha value is -2.12. The molecule has 0 radical (unpaired) electrons. The number of hydrogen-bond donors (Lipinski definition) is 1. The molecular formula is C13H6F6O. The number of halogens is 6. The average molecular weight is 292 g/mol. The Labute approximate surface area is 110 Å². The third-order valence-corrected chi connectivity index (χ3v) is 2.42. The van der Waals surface area contributed by atoms with Crippen molar-refractivity contribution in [1.29, 1.82) is 0 Å². The highest BCUT2D eigenvalue weighted by Crippen LogP contribution is 2.38. The van der Waals surface area contributed by atoms with E-state index in [-0.39, 0.29) is 18.2 Å². The van der Waals surface area contributed by atoms with E-state index in [0.29, 0.717) is 0 Å². The largest absolute Gasteiger partial charge is 0.416 e. The highest BCUT2D eigenvalue weighted by atomic mass is 19.4. The zero-order valence-electron chi connectivity index (χ0n) is 9.60. The first-order valence-corrected chi connectivity index (χ1v) is 4.92. The van der Waals surface area contributed by atoms with E-state index < -0.39 is 34.6 Å². The molecule has 20 heavy (non-hydrogen) atoms.